The number of nitrogens with two attached hydrogens (primary N) is 1. The first-order chi connectivity index (χ1) is 20.2. The fourth-order valence-corrected chi connectivity index (χ4v) is 6.94. The molecule has 0 radical (unpaired) electrons. The third-order valence-electron chi connectivity index (χ3n) is 8.16. The number of nitrogens with zero attached hydrogens (tertiary/aromatic N) is 7. The summed E-state index contributed by atoms with van der Waals surface area (Å²) >= 11 is 0. The number of benzene rings is 2. The Balaban J connectivity index is 1.27. The van der Waals surface area contributed by atoms with Crippen molar-refractivity contribution in [3.8, 4) is 11.1 Å². The monoisotopic (exact) mass is 589 g/mol. The molecular weight excluding hydrogens is 554 g/mol. The summed E-state index contributed by atoms with van der Waals surface area (Å²) in [4.78, 5) is 26.1. The molecule has 2 fully saturated rings. The highest BCUT2D eigenvalue weighted by molar-refractivity contribution is 7.89. The van der Waals surface area contributed by atoms with Gasteiger partial charge in [-0.15, -0.1) is 0 Å². The van der Waals surface area contributed by atoms with Gasteiger partial charge in [0.05, 0.1) is 29.4 Å². The van der Waals surface area contributed by atoms with Crippen LogP contribution in [0, 0.1) is 0 Å². The van der Waals surface area contributed by atoms with Crippen LogP contribution in [0.4, 0.5) is 17.3 Å². The number of para-hydroxylation sites is 1. The summed E-state index contributed by atoms with van der Waals surface area (Å²) in [6.07, 6.45) is 5.32. The topological polar surface area (TPSA) is 143 Å². The van der Waals surface area contributed by atoms with Gasteiger partial charge in [0.25, 0.3) is 0 Å². The van der Waals surface area contributed by atoms with Crippen molar-refractivity contribution in [2.75, 3.05) is 62.3 Å². The Kier molecular flexibility index (Phi) is 7.33. The van der Waals surface area contributed by atoms with E-state index in [4.69, 9.17) is 10.7 Å². The van der Waals surface area contributed by atoms with Gasteiger partial charge in [0.15, 0.2) is 0 Å². The van der Waals surface area contributed by atoms with Crippen LogP contribution in [-0.2, 0) is 20.4 Å². The molecule has 2 aliphatic rings. The van der Waals surface area contributed by atoms with Crippen molar-refractivity contribution in [3.05, 3.63) is 61.1 Å². The quantitative estimate of drug-likeness (QED) is 0.300. The Morgan fingerprint density at radius 1 is 1.07 bits per heavy atom. The second-order valence-electron chi connectivity index (χ2n) is 11.1. The van der Waals surface area contributed by atoms with Crippen LogP contribution in [0.15, 0.2) is 61.1 Å². The number of aromatic nitrogens is 4. The molecule has 2 aromatic carbocycles. The minimum atomic E-state index is -3.38. The van der Waals surface area contributed by atoms with Gasteiger partial charge in [-0.3, -0.25) is 9.48 Å². The normalized spacial score (nSPS) is 17.7. The molecule has 0 bridgehead atoms. The first-order valence-corrected chi connectivity index (χ1v) is 15.6. The number of likely N-dealkylation sites (N-methyl/N-ethyl adjacent to an activating group) is 1. The molecule has 220 valence electrons. The lowest BCUT2D eigenvalue weighted by Gasteiger charge is -2.48. The van der Waals surface area contributed by atoms with Crippen molar-refractivity contribution in [2.24, 2.45) is 5.73 Å². The molecule has 2 saturated heterocycles. The molecule has 4 heterocycles. The third-order valence-corrected chi connectivity index (χ3v) is 9.94. The van der Waals surface area contributed by atoms with Crippen molar-refractivity contribution in [3.63, 3.8) is 0 Å². The number of carbonyl (C=O) groups excluding carboxylic acids is 1. The van der Waals surface area contributed by atoms with Crippen LogP contribution in [0.25, 0.3) is 22.0 Å². The molecule has 12 nitrogen and oxygen atoms in total. The molecule has 6 rings (SSSR count). The molecule has 0 spiro atoms. The summed E-state index contributed by atoms with van der Waals surface area (Å²) in [6, 6.07) is 14.1. The Morgan fingerprint density at radius 3 is 2.57 bits per heavy atom. The molecule has 42 heavy (non-hydrogen) atoms. The van der Waals surface area contributed by atoms with Gasteiger partial charge in [-0.05, 0) is 32.2 Å². The fourth-order valence-electron chi connectivity index (χ4n) is 5.70. The van der Waals surface area contributed by atoms with E-state index in [1.165, 1.54) is 4.31 Å². The van der Waals surface area contributed by atoms with Crippen molar-refractivity contribution >= 4 is 44.2 Å². The maximum atomic E-state index is 12.4. The SMILES string of the molecule is CCS(=O)(=O)N1CC(CC(N)=O)(n2cc(-c3cccc4cnc(Nc5cccc(N6CCN(C)CC6)c5)nc34)cn2)C1. The highest BCUT2D eigenvalue weighted by Crippen LogP contribution is 2.36. The number of sulfonamides is 1. The number of amides is 1. The van der Waals surface area contributed by atoms with E-state index in [-0.39, 0.29) is 25.3 Å². The lowest BCUT2D eigenvalue weighted by atomic mass is 9.88. The minimum absolute atomic E-state index is 0.00374. The Hall–Kier alpha value is -4.07. The van der Waals surface area contributed by atoms with Gasteiger partial charge in [-0.1, -0.05) is 24.3 Å². The van der Waals surface area contributed by atoms with Crippen molar-refractivity contribution in [1.82, 2.24) is 29.0 Å². The van der Waals surface area contributed by atoms with Gasteiger partial charge in [0.2, 0.25) is 21.9 Å². The van der Waals surface area contributed by atoms with E-state index in [2.05, 4.69) is 44.4 Å². The van der Waals surface area contributed by atoms with Gasteiger partial charge in [0, 0.05) is 79.6 Å². The summed E-state index contributed by atoms with van der Waals surface area (Å²) in [5.41, 5.74) is 9.19. The van der Waals surface area contributed by atoms with E-state index in [1.54, 1.807) is 24.0 Å². The fraction of sp³-hybridized carbons (Fsp3) is 0.379. The van der Waals surface area contributed by atoms with E-state index in [0.29, 0.717) is 5.95 Å². The molecule has 0 atom stereocenters. The average Bonchev–Trinajstić information content (AvgIpc) is 3.45. The zero-order valence-corrected chi connectivity index (χ0v) is 24.6. The summed E-state index contributed by atoms with van der Waals surface area (Å²) in [5, 5.41) is 8.79. The van der Waals surface area contributed by atoms with Gasteiger partial charge in [-0.25, -0.2) is 18.4 Å². The number of nitrogens with one attached hydrogen (secondary N) is 1. The molecule has 0 unspecified atom stereocenters. The first-order valence-electron chi connectivity index (χ1n) is 14.0. The van der Waals surface area contributed by atoms with E-state index < -0.39 is 21.5 Å². The van der Waals surface area contributed by atoms with Crippen LogP contribution in [-0.4, -0.2) is 95.3 Å². The lowest BCUT2D eigenvalue weighted by Crippen LogP contribution is -2.65. The Morgan fingerprint density at radius 2 is 1.83 bits per heavy atom. The van der Waals surface area contributed by atoms with Crippen LogP contribution in [0.5, 0.6) is 0 Å². The summed E-state index contributed by atoms with van der Waals surface area (Å²) in [7, 11) is -1.24. The van der Waals surface area contributed by atoms with Gasteiger partial charge >= 0.3 is 0 Å². The molecule has 4 aromatic rings. The number of primary amides is 1. The van der Waals surface area contributed by atoms with Crippen molar-refractivity contribution < 1.29 is 13.2 Å². The number of carbonyl (C=O) groups is 1. The zero-order valence-electron chi connectivity index (χ0n) is 23.8. The second kappa shape index (κ2) is 11.0. The Labute approximate surface area is 245 Å². The maximum Gasteiger partial charge on any atom is 0.227 e. The third kappa shape index (κ3) is 5.42. The molecule has 13 heteroatoms. The molecule has 2 aliphatic heterocycles. The number of rotatable bonds is 9. The van der Waals surface area contributed by atoms with Crippen LogP contribution in [0.3, 0.4) is 0 Å². The van der Waals surface area contributed by atoms with Crippen LogP contribution in [0.1, 0.15) is 13.3 Å². The summed E-state index contributed by atoms with van der Waals surface area (Å²) in [5.74, 6) is -0.0376. The van der Waals surface area contributed by atoms with Crippen LogP contribution >= 0.6 is 0 Å². The minimum Gasteiger partial charge on any atom is -0.370 e. The average molecular weight is 590 g/mol. The van der Waals surface area contributed by atoms with E-state index >= 15 is 0 Å². The summed E-state index contributed by atoms with van der Waals surface area (Å²) < 4.78 is 27.8. The largest absolute Gasteiger partial charge is 0.370 e. The molecule has 0 aliphatic carbocycles. The van der Waals surface area contributed by atoms with E-state index in [1.807, 2.05) is 36.5 Å². The molecular formula is C29H35N9O3S. The van der Waals surface area contributed by atoms with E-state index in [9.17, 15) is 13.2 Å². The van der Waals surface area contributed by atoms with E-state index in [0.717, 1.165) is 59.6 Å². The number of hydrogen-bond acceptors (Lipinski definition) is 9. The molecule has 0 saturated carbocycles. The number of anilines is 3. The number of hydrogen-bond donors (Lipinski definition) is 2. The predicted molar refractivity (Wildman–Crippen MR) is 163 cm³/mol. The Bertz CT molecular complexity index is 1730. The smallest absolute Gasteiger partial charge is 0.227 e. The van der Waals surface area contributed by atoms with Gasteiger partial charge in [-0.2, -0.15) is 9.40 Å². The van der Waals surface area contributed by atoms with Gasteiger partial charge in [0.1, 0.15) is 0 Å². The summed E-state index contributed by atoms with van der Waals surface area (Å²) in [6.45, 7) is 5.92. The highest BCUT2D eigenvalue weighted by Gasteiger charge is 2.50. The number of piperazine rings is 1. The lowest BCUT2D eigenvalue weighted by molar-refractivity contribution is -0.122. The second-order valence-corrected chi connectivity index (χ2v) is 13.4. The molecule has 2 aromatic heterocycles. The van der Waals surface area contributed by atoms with Crippen LogP contribution < -0.4 is 16.0 Å². The predicted octanol–water partition coefficient (Wildman–Crippen LogP) is 2.22. The van der Waals surface area contributed by atoms with Crippen LogP contribution in [0.2, 0.25) is 0 Å². The standard InChI is InChI=1S/C29H35N9O3S/c1-3-42(40,41)37-19-29(20-37,15-26(30)39)38-18-22(17-32-38)25-9-4-6-21-16-31-28(34-27(21)25)33-23-7-5-8-24(14-23)36-12-10-35(2)11-13-36/h4-9,14,16-18H,3,10-13,15,19-20H2,1-2H3,(H2,30,39)(H,31,33,34). The molecule has 1 amide bonds. The first kappa shape index (κ1) is 28.1. The van der Waals surface area contributed by atoms with Crippen molar-refractivity contribution in [1.29, 1.82) is 0 Å². The number of fused-ring (bicyclic) bond motifs is 1. The van der Waals surface area contributed by atoms with Crippen molar-refractivity contribution in [2.45, 2.75) is 18.9 Å². The van der Waals surface area contributed by atoms with Gasteiger partial charge < -0.3 is 20.9 Å². The maximum absolute atomic E-state index is 12.4. The zero-order chi connectivity index (χ0) is 29.5. The highest BCUT2D eigenvalue weighted by atomic mass is 32.2. The molecule has 3 N–H and O–H groups in total.